The molecule has 2 aliphatic carbocycles. The van der Waals surface area contributed by atoms with E-state index in [4.69, 9.17) is 0 Å². The molecule has 2 rings (SSSR count). The van der Waals surface area contributed by atoms with Crippen molar-refractivity contribution in [1.82, 2.24) is 0 Å². The fraction of sp³-hybridized carbons (Fsp3) is 1.00. The lowest BCUT2D eigenvalue weighted by Gasteiger charge is -2.34. The maximum absolute atomic E-state index is 13.0. The molecule has 2 unspecified atom stereocenters. The average Bonchev–Trinajstić information content (AvgIpc) is 2.59. The molecule has 0 aromatic heterocycles. The van der Waals surface area contributed by atoms with Crippen LogP contribution >= 0.6 is 7.37 Å². The molecular weight excluding hydrogens is 303 g/mol. The van der Waals surface area contributed by atoms with Crippen molar-refractivity contribution in [3.05, 3.63) is 0 Å². The monoisotopic (exact) mass is 342 g/mol. The second kappa shape index (κ2) is 9.62. The van der Waals surface area contributed by atoms with Crippen molar-refractivity contribution >= 4 is 7.37 Å². The molecule has 0 saturated heterocycles. The van der Waals surface area contributed by atoms with E-state index in [0.29, 0.717) is 36.0 Å². The summed E-state index contributed by atoms with van der Waals surface area (Å²) >= 11 is 0. The van der Waals surface area contributed by atoms with Gasteiger partial charge in [-0.05, 0) is 23.7 Å². The van der Waals surface area contributed by atoms with Gasteiger partial charge in [-0.2, -0.15) is 0 Å². The van der Waals surface area contributed by atoms with Crippen LogP contribution in [-0.4, -0.2) is 17.2 Å². The molecule has 0 aromatic rings. The summed E-state index contributed by atoms with van der Waals surface area (Å²) in [6.45, 7) is 4.44. The first-order chi connectivity index (χ1) is 11.1. The van der Waals surface area contributed by atoms with Crippen molar-refractivity contribution in [1.29, 1.82) is 0 Å². The fourth-order valence-corrected chi connectivity index (χ4v) is 7.97. The van der Waals surface area contributed by atoms with Gasteiger partial charge in [0, 0.05) is 12.3 Å². The van der Waals surface area contributed by atoms with Crippen LogP contribution in [0.15, 0.2) is 0 Å². The minimum Gasteiger partial charge on any atom is -0.344 e. The molecule has 3 heteroatoms. The summed E-state index contributed by atoms with van der Waals surface area (Å²) in [5, 5.41) is 0. The van der Waals surface area contributed by atoms with E-state index in [-0.39, 0.29) is 0 Å². The van der Waals surface area contributed by atoms with Crippen molar-refractivity contribution < 1.29 is 9.46 Å². The molecular formula is C20H39O2P. The Morgan fingerprint density at radius 1 is 0.783 bits per heavy atom. The number of hydrogen-bond donors (Lipinski definition) is 1. The van der Waals surface area contributed by atoms with E-state index in [9.17, 15) is 9.46 Å². The van der Waals surface area contributed by atoms with E-state index in [2.05, 4.69) is 13.8 Å². The van der Waals surface area contributed by atoms with Gasteiger partial charge in [0.05, 0.1) is 0 Å². The smallest absolute Gasteiger partial charge is 0.201 e. The molecule has 136 valence electrons. The third-order valence-electron chi connectivity index (χ3n) is 6.72. The predicted molar refractivity (Wildman–Crippen MR) is 100 cm³/mol. The molecule has 1 N–H and O–H groups in total. The molecule has 0 spiro atoms. The highest BCUT2D eigenvalue weighted by atomic mass is 31.2. The van der Waals surface area contributed by atoms with Gasteiger partial charge in [-0.3, -0.25) is 4.57 Å². The van der Waals surface area contributed by atoms with Crippen LogP contribution in [0.1, 0.15) is 90.9 Å². The van der Waals surface area contributed by atoms with E-state index in [0.717, 1.165) is 12.8 Å². The summed E-state index contributed by atoms with van der Waals surface area (Å²) in [5.74, 6) is 2.39. The maximum atomic E-state index is 13.0. The van der Waals surface area contributed by atoms with E-state index in [1.54, 1.807) is 0 Å². The summed E-state index contributed by atoms with van der Waals surface area (Å²) in [5.41, 5.74) is 0. The molecule has 23 heavy (non-hydrogen) atoms. The van der Waals surface area contributed by atoms with Gasteiger partial charge in [0.1, 0.15) is 0 Å². The van der Waals surface area contributed by atoms with Crippen LogP contribution < -0.4 is 0 Å². The Bertz CT molecular complexity index is 338. The molecule has 0 aliphatic heterocycles. The largest absolute Gasteiger partial charge is 0.344 e. The highest BCUT2D eigenvalue weighted by Gasteiger charge is 2.33. The van der Waals surface area contributed by atoms with E-state index in [1.165, 1.54) is 64.2 Å². The van der Waals surface area contributed by atoms with Crippen molar-refractivity contribution in [2.75, 3.05) is 12.3 Å². The molecule has 0 amide bonds. The zero-order chi connectivity index (χ0) is 16.7. The topological polar surface area (TPSA) is 37.3 Å². The first-order valence-corrected chi connectivity index (χ1v) is 12.4. The third-order valence-corrected chi connectivity index (χ3v) is 8.80. The van der Waals surface area contributed by atoms with E-state index in [1.807, 2.05) is 0 Å². The lowest BCUT2D eigenvalue weighted by Crippen LogP contribution is -2.25. The summed E-state index contributed by atoms with van der Waals surface area (Å²) in [4.78, 5) is 10.7. The molecule has 2 fully saturated rings. The molecule has 2 aliphatic rings. The van der Waals surface area contributed by atoms with Crippen molar-refractivity contribution in [2.24, 2.45) is 23.7 Å². The van der Waals surface area contributed by atoms with Crippen LogP contribution in [0.25, 0.3) is 0 Å². The maximum Gasteiger partial charge on any atom is 0.201 e. The van der Waals surface area contributed by atoms with Gasteiger partial charge in [-0.1, -0.05) is 90.9 Å². The van der Waals surface area contributed by atoms with Crippen LogP contribution in [0, 0.1) is 23.7 Å². The van der Waals surface area contributed by atoms with Gasteiger partial charge in [0.25, 0.3) is 0 Å². The number of hydrogen-bond acceptors (Lipinski definition) is 1. The molecule has 2 atom stereocenters. The Morgan fingerprint density at radius 3 is 1.43 bits per heavy atom. The molecule has 0 bridgehead atoms. The van der Waals surface area contributed by atoms with Crippen molar-refractivity contribution in [2.45, 2.75) is 90.9 Å². The lowest BCUT2D eigenvalue weighted by molar-refractivity contribution is 0.246. The van der Waals surface area contributed by atoms with Gasteiger partial charge in [0.15, 0.2) is 0 Å². The van der Waals surface area contributed by atoms with Gasteiger partial charge < -0.3 is 4.89 Å². The zero-order valence-electron chi connectivity index (χ0n) is 15.5. The highest BCUT2D eigenvalue weighted by molar-refractivity contribution is 7.58. The van der Waals surface area contributed by atoms with Gasteiger partial charge in [-0.25, -0.2) is 0 Å². The highest BCUT2D eigenvalue weighted by Crippen LogP contribution is 2.50. The number of rotatable bonds is 8. The standard InChI is InChI=1S/C20H39O2P/c1-3-17(19-11-7-5-8-12-19)15-23(21,22)16-18(4-2)20-13-9-6-10-14-20/h17-20H,3-16H2,1-2H3,(H,21,22). The van der Waals surface area contributed by atoms with Crippen molar-refractivity contribution in [3.63, 3.8) is 0 Å². The predicted octanol–water partition coefficient (Wildman–Crippen LogP) is 6.47. The van der Waals surface area contributed by atoms with Crippen LogP contribution in [0.3, 0.4) is 0 Å². The SMILES string of the molecule is CCC(CP(=O)(O)CC(CC)C1CCCCC1)C1CCCCC1. The molecule has 2 saturated carbocycles. The van der Waals surface area contributed by atoms with Gasteiger partial charge in [0.2, 0.25) is 7.37 Å². The Hall–Kier alpha value is 0.190. The zero-order valence-corrected chi connectivity index (χ0v) is 16.4. The van der Waals surface area contributed by atoms with Crippen LogP contribution in [-0.2, 0) is 4.57 Å². The summed E-state index contributed by atoms with van der Waals surface area (Å²) in [6.07, 6.45) is 16.6. The molecule has 0 radical (unpaired) electrons. The quantitative estimate of drug-likeness (QED) is 0.513. The van der Waals surface area contributed by atoms with E-state index >= 15 is 0 Å². The minimum absolute atomic E-state index is 0.481. The van der Waals surface area contributed by atoms with E-state index < -0.39 is 7.37 Å². The molecule has 2 nitrogen and oxygen atoms in total. The Morgan fingerprint density at radius 2 is 1.13 bits per heavy atom. The summed E-state index contributed by atoms with van der Waals surface area (Å²) in [7, 11) is -2.97. The van der Waals surface area contributed by atoms with Crippen LogP contribution in [0.2, 0.25) is 0 Å². The summed E-state index contributed by atoms with van der Waals surface area (Å²) in [6, 6.07) is 0. The normalized spacial score (nSPS) is 26.6. The fourth-order valence-electron chi connectivity index (χ4n) is 5.24. The first kappa shape index (κ1) is 19.5. The average molecular weight is 343 g/mol. The van der Waals surface area contributed by atoms with Crippen molar-refractivity contribution in [3.8, 4) is 0 Å². The Labute approximate surface area is 144 Å². The second-order valence-electron chi connectivity index (χ2n) is 8.34. The van der Waals surface area contributed by atoms with Crippen LogP contribution in [0.4, 0.5) is 0 Å². The third kappa shape index (κ3) is 6.20. The van der Waals surface area contributed by atoms with Crippen LogP contribution in [0.5, 0.6) is 0 Å². The van der Waals surface area contributed by atoms with Gasteiger partial charge in [-0.15, -0.1) is 0 Å². The summed E-state index contributed by atoms with van der Waals surface area (Å²) < 4.78 is 13.0. The second-order valence-corrected chi connectivity index (χ2v) is 10.8. The minimum atomic E-state index is -2.97. The molecule has 0 aromatic carbocycles. The molecule has 0 heterocycles. The Balaban J connectivity index is 1.91. The Kier molecular flexibility index (Phi) is 8.16. The lowest BCUT2D eigenvalue weighted by atomic mass is 9.79. The van der Waals surface area contributed by atoms with Gasteiger partial charge >= 0.3 is 0 Å². The first-order valence-electron chi connectivity index (χ1n) is 10.4.